The van der Waals surface area contributed by atoms with Crippen molar-refractivity contribution < 1.29 is 4.92 Å². The third-order valence-electron chi connectivity index (χ3n) is 4.56. The summed E-state index contributed by atoms with van der Waals surface area (Å²) in [5.41, 5.74) is 6.14. The van der Waals surface area contributed by atoms with E-state index in [1.54, 1.807) is 0 Å². The number of nitrogens with zero attached hydrogens (tertiary/aromatic N) is 4. The summed E-state index contributed by atoms with van der Waals surface area (Å²) in [6, 6.07) is 3.44. The number of anilines is 1. The minimum absolute atomic E-state index is 0.0861. The van der Waals surface area contributed by atoms with E-state index in [1.165, 1.54) is 12.3 Å². The van der Waals surface area contributed by atoms with Crippen molar-refractivity contribution in [2.75, 3.05) is 18.0 Å². The highest BCUT2D eigenvalue weighted by Gasteiger charge is 2.39. The molecule has 7 heteroatoms. The Kier molecular flexibility index (Phi) is 3.47. The molecule has 7 nitrogen and oxygen atoms in total. The number of nitrogens with two attached hydrogens (primary N) is 1. The lowest BCUT2D eigenvalue weighted by molar-refractivity contribution is -0.384. The van der Waals surface area contributed by atoms with Gasteiger partial charge in [0.1, 0.15) is 6.07 Å². The van der Waals surface area contributed by atoms with E-state index >= 15 is 0 Å². The van der Waals surface area contributed by atoms with E-state index in [1.807, 2.05) is 11.0 Å². The van der Waals surface area contributed by atoms with Gasteiger partial charge in [-0.1, -0.05) is 0 Å². The molecule has 110 valence electrons. The van der Waals surface area contributed by atoms with Gasteiger partial charge in [0.2, 0.25) is 5.82 Å². The molecule has 21 heavy (non-hydrogen) atoms. The van der Waals surface area contributed by atoms with Crippen LogP contribution in [-0.4, -0.2) is 29.0 Å². The van der Waals surface area contributed by atoms with Crippen LogP contribution >= 0.6 is 0 Å². The van der Waals surface area contributed by atoms with Crippen LogP contribution in [0, 0.1) is 33.3 Å². The van der Waals surface area contributed by atoms with Gasteiger partial charge >= 0.3 is 5.69 Å². The number of nitriles is 1. The second kappa shape index (κ2) is 5.30. The van der Waals surface area contributed by atoms with Gasteiger partial charge in [0.15, 0.2) is 0 Å². The third-order valence-corrected chi connectivity index (χ3v) is 4.56. The Morgan fingerprint density at radius 1 is 1.43 bits per heavy atom. The molecule has 1 saturated carbocycles. The minimum atomic E-state index is -0.461. The van der Waals surface area contributed by atoms with Crippen LogP contribution in [0.25, 0.3) is 0 Å². The number of hydrogen-bond acceptors (Lipinski definition) is 6. The summed E-state index contributed by atoms with van der Waals surface area (Å²) < 4.78 is 0. The molecule has 1 unspecified atom stereocenters. The van der Waals surface area contributed by atoms with Gasteiger partial charge in [0.25, 0.3) is 0 Å². The van der Waals surface area contributed by atoms with E-state index in [9.17, 15) is 10.1 Å². The summed E-state index contributed by atoms with van der Waals surface area (Å²) in [6.07, 6.45) is 4.48. The predicted molar refractivity (Wildman–Crippen MR) is 76.6 cm³/mol. The monoisotopic (exact) mass is 287 g/mol. The molecule has 2 heterocycles. The minimum Gasteiger partial charge on any atom is -0.350 e. The number of hydrogen-bond donors (Lipinski definition) is 1. The van der Waals surface area contributed by atoms with Gasteiger partial charge in [0, 0.05) is 31.4 Å². The van der Waals surface area contributed by atoms with Crippen molar-refractivity contribution in [1.29, 1.82) is 5.26 Å². The molecule has 0 bridgehead atoms. The average Bonchev–Trinajstić information content (AvgIpc) is 2.89. The van der Waals surface area contributed by atoms with Gasteiger partial charge < -0.3 is 10.6 Å². The van der Waals surface area contributed by atoms with Gasteiger partial charge in [-0.3, -0.25) is 10.1 Å². The van der Waals surface area contributed by atoms with Gasteiger partial charge in [0.05, 0.1) is 10.5 Å². The topological polar surface area (TPSA) is 109 Å². The fourth-order valence-electron chi connectivity index (χ4n) is 3.53. The van der Waals surface area contributed by atoms with Crippen LogP contribution in [-0.2, 0) is 0 Å². The Bertz CT molecular complexity index is 612. The first-order valence-corrected chi connectivity index (χ1v) is 7.13. The number of pyridine rings is 1. The molecule has 1 aliphatic carbocycles. The lowest BCUT2D eigenvalue weighted by Gasteiger charge is -2.27. The zero-order valence-corrected chi connectivity index (χ0v) is 11.6. The van der Waals surface area contributed by atoms with Crippen LogP contribution in [0.1, 0.15) is 24.8 Å². The van der Waals surface area contributed by atoms with Crippen molar-refractivity contribution in [2.24, 2.45) is 17.6 Å². The molecule has 2 N–H and O–H groups in total. The van der Waals surface area contributed by atoms with Gasteiger partial charge in [-0.05, 0) is 31.1 Å². The van der Waals surface area contributed by atoms with Crippen LogP contribution in [0.15, 0.2) is 12.3 Å². The highest BCUT2D eigenvalue weighted by atomic mass is 16.6. The molecule has 1 saturated heterocycles. The molecule has 0 radical (unpaired) electrons. The maximum absolute atomic E-state index is 11.2. The zero-order chi connectivity index (χ0) is 15.0. The molecule has 3 rings (SSSR count). The van der Waals surface area contributed by atoms with E-state index in [0.717, 1.165) is 32.4 Å². The van der Waals surface area contributed by atoms with Crippen LogP contribution < -0.4 is 10.6 Å². The summed E-state index contributed by atoms with van der Waals surface area (Å²) in [5, 5.41) is 20.1. The van der Waals surface area contributed by atoms with Crippen molar-refractivity contribution in [1.82, 2.24) is 4.98 Å². The van der Waals surface area contributed by atoms with Crippen molar-refractivity contribution in [3.05, 3.63) is 27.9 Å². The molecule has 0 amide bonds. The van der Waals surface area contributed by atoms with E-state index < -0.39 is 4.92 Å². The second-order valence-corrected chi connectivity index (χ2v) is 5.93. The number of nitro groups is 1. The number of fused-ring (bicyclic) bond motifs is 1. The molecule has 2 aliphatic rings. The summed E-state index contributed by atoms with van der Waals surface area (Å²) in [5.74, 6) is 1.41. The largest absolute Gasteiger partial charge is 0.350 e. The SMILES string of the molecule is N#Cc1cnc(N2C[C@H]3CCC(N)C[C@H]3C2)c([N+](=O)[O-])c1. The normalized spacial score (nSPS) is 28.0. The van der Waals surface area contributed by atoms with Crippen LogP contribution in [0.2, 0.25) is 0 Å². The first kappa shape index (κ1) is 13.8. The summed E-state index contributed by atoms with van der Waals surface area (Å²) >= 11 is 0. The van der Waals surface area contributed by atoms with Crippen LogP contribution in [0.3, 0.4) is 0 Å². The van der Waals surface area contributed by atoms with Gasteiger partial charge in [-0.25, -0.2) is 4.98 Å². The smallest absolute Gasteiger partial charge is 0.312 e. The van der Waals surface area contributed by atoms with E-state index in [2.05, 4.69) is 4.98 Å². The maximum atomic E-state index is 11.2. The highest BCUT2D eigenvalue weighted by molar-refractivity contribution is 5.60. The maximum Gasteiger partial charge on any atom is 0.312 e. The van der Waals surface area contributed by atoms with Gasteiger partial charge in [-0.15, -0.1) is 0 Å². The number of rotatable bonds is 2. The van der Waals surface area contributed by atoms with E-state index in [4.69, 9.17) is 11.0 Å². The fourth-order valence-corrected chi connectivity index (χ4v) is 3.53. The highest BCUT2D eigenvalue weighted by Crippen LogP contribution is 2.39. The lowest BCUT2D eigenvalue weighted by Crippen LogP contribution is -2.32. The second-order valence-electron chi connectivity index (χ2n) is 5.93. The molecule has 1 aromatic rings. The first-order valence-electron chi connectivity index (χ1n) is 7.13. The quantitative estimate of drug-likeness (QED) is 0.651. The van der Waals surface area contributed by atoms with Gasteiger partial charge in [-0.2, -0.15) is 5.26 Å². The van der Waals surface area contributed by atoms with Crippen molar-refractivity contribution in [3.63, 3.8) is 0 Å². The Balaban J connectivity index is 1.88. The zero-order valence-electron chi connectivity index (χ0n) is 11.6. The molecule has 1 aliphatic heterocycles. The predicted octanol–water partition coefficient (Wildman–Crippen LogP) is 1.43. The molecule has 2 fully saturated rings. The Labute approximate surface area is 122 Å². The summed E-state index contributed by atoms with van der Waals surface area (Å²) in [7, 11) is 0. The first-order chi connectivity index (χ1) is 10.1. The molecule has 1 aromatic heterocycles. The van der Waals surface area contributed by atoms with Crippen molar-refractivity contribution in [3.8, 4) is 6.07 Å². The molecule has 0 aromatic carbocycles. The average molecular weight is 287 g/mol. The van der Waals surface area contributed by atoms with E-state index in [0.29, 0.717) is 17.7 Å². The molecular weight excluding hydrogens is 270 g/mol. The number of aromatic nitrogens is 1. The van der Waals surface area contributed by atoms with Crippen LogP contribution in [0.5, 0.6) is 0 Å². The molecular formula is C14H17N5O2. The molecule has 0 spiro atoms. The summed E-state index contributed by atoms with van der Waals surface area (Å²) in [4.78, 5) is 16.9. The molecule has 3 atom stereocenters. The van der Waals surface area contributed by atoms with Crippen LogP contribution in [0.4, 0.5) is 11.5 Å². The van der Waals surface area contributed by atoms with Crippen molar-refractivity contribution in [2.45, 2.75) is 25.3 Å². The van der Waals surface area contributed by atoms with E-state index in [-0.39, 0.29) is 17.3 Å². The Morgan fingerprint density at radius 3 is 2.90 bits per heavy atom. The Hall–Kier alpha value is -2.20. The Morgan fingerprint density at radius 2 is 2.19 bits per heavy atom. The van der Waals surface area contributed by atoms with Crippen molar-refractivity contribution >= 4 is 11.5 Å². The third kappa shape index (κ3) is 2.54. The lowest BCUT2D eigenvalue weighted by atomic mass is 9.79. The standard InChI is InChI=1S/C14H17N5O2/c15-5-9-3-13(19(20)21)14(17-6-9)18-7-10-1-2-12(16)4-11(10)8-18/h3,6,10-12H,1-2,4,7-8,16H2/t10-,11+,12?/m1/s1. The fraction of sp³-hybridized carbons (Fsp3) is 0.571. The summed E-state index contributed by atoms with van der Waals surface area (Å²) in [6.45, 7) is 1.55.